The highest BCUT2D eigenvalue weighted by atomic mass is 32.2. The summed E-state index contributed by atoms with van der Waals surface area (Å²) in [5, 5.41) is 3.20. The summed E-state index contributed by atoms with van der Waals surface area (Å²) in [4.78, 5) is 11.6. The zero-order valence-electron chi connectivity index (χ0n) is 9.32. The lowest BCUT2D eigenvalue weighted by Crippen LogP contribution is -2.45. The normalized spacial score (nSPS) is 22.7. The van der Waals surface area contributed by atoms with E-state index in [-0.39, 0.29) is 12.0 Å². The molecule has 0 aliphatic carbocycles. The fourth-order valence-corrected chi connectivity index (χ4v) is 3.00. The SMILES string of the molecule is COCCNC(C(=O)OC)C1CCSC1. The molecule has 0 radical (unpaired) electrons. The third-order valence-electron chi connectivity index (χ3n) is 2.56. The zero-order chi connectivity index (χ0) is 11.1. The number of ether oxygens (including phenoxy) is 2. The van der Waals surface area contributed by atoms with Crippen LogP contribution < -0.4 is 5.32 Å². The average molecular weight is 233 g/mol. The van der Waals surface area contributed by atoms with Gasteiger partial charge in [0.2, 0.25) is 0 Å². The van der Waals surface area contributed by atoms with Gasteiger partial charge in [-0.1, -0.05) is 0 Å². The molecule has 0 aromatic carbocycles. The van der Waals surface area contributed by atoms with Crippen LogP contribution in [0.1, 0.15) is 6.42 Å². The van der Waals surface area contributed by atoms with Crippen molar-refractivity contribution in [2.24, 2.45) is 5.92 Å². The highest BCUT2D eigenvalue weighted by molar-refractivity contribution is 7.99. The second-order valence-corrected chi connectivity index (χ2v) is 4.72. The van der Waals surface area contributed by atoms with Crippen LogP contribution in [-0.2, 0) is 14.3 Å². The van der Waals surface area contributed by atoms with E-state index in [9.17, 15) is 4.79 Å². The monoisotopic (exact) mass is 233 g/mol. The number of methoxy groups -OCH3 is 2. The minimum Gasteiger partial charge on any atom is -0.468 e. The van der Waals surface area contributed by atoms with Crippen LogP contribution >= 0.6 is 11.8 Å². The van der Waals surface area contributed by atoms with Gasteiger partial charge in [-0.25, -0.2) is 0 Å². The van der Waals surface area contributed by atoms with E-state index in [1.807, 2.05) is 11.8 Å². The Labute approximate surface area is 95.1 Å². The number of thioether (sulfide) groups is 1. The number of nitrogens with one attached hydrogen (secondary N) is 1. The first-order chi connectivity index (χ1) is 7.29. The average Bonchev–Trinajstić information content (AvgIpc) is 2.77. The third kappa shape index (κ3) is 4.01. The number of carbonyl (C=O) groups is 1. The van der Waals surface area contributed by atoms with E-state index in [0.29, 0.717) is 19.1 Å². The summed E-state index contributed by atoms with van der Waals surface area (Å²) < 4.78 is 9.75. The summed E-state index contributed by atoms with van der Waals surface area (Å²) in [6, 6.07) is -0.167. The zero-order valence-corrected chi connectivity index (χ0v) is 10.1. The smallest absolute Gasteiger partial charge is 0.323 e. The van der Waals surface area contributed by atoms with E-state index in [2.05, 4.69) is 5.32 Å². The Morgan fingerprint density at radius 3 is 2.93 bits per heavy atom. The fraction of sp³-hybridized carbons (Fsp3) is 0.900. The number of rotatable bonds is 6. The first-order valence-electron chi connectivity index (χ1n) is 5.17. The number of carbonyl (C=O) groups excluding carboxylic acids is 1. The molecule has 0 aromatic heterocycles. The predicted octanol–water partition coefficient (Wildman–Crippen LogP) is 0.517. The van der Waals surface area contributed by atoms with Crippen LogP contribution in [0.2, 0.25) is 0 Å². The third-order valence-corrected chi connectivity index (χ3v) is 3.75. The molecule has 15 heavy (non-hydrogen) atoms. The van der Waals surface area contributed by atoms with Gasteiger partial charge >= 0.3 is 5.97 Å². The Kier molecular flexibility index (Phi) is 6.05. The van der Waals surface area contributed by atoms with Crippen molar-refractivity contribution >= 4 is 17.7 Å². The fourth-order valence-electron chi connectivity index (χ4n) is 1.70. The van der Waals surface area contributed by atoms with E-state index >= 15 is 0 Å². The van der Waals surface area contributed by atoms with Gasteiger partial charge in [-0.2, -0.15) is 11.8 Å². The largest absolute Gasteiger partial charge is 0.468 e. The van der Waals surface area contributed by atoms with Crippen molar-refractivity contribution in [3.05, 3.63) is 0 Å². The molecule has 0 bridgehead atoms. The van der Waals surface area contributed by atoms with Gasteiger partial charge in [-0.05, 0) is 23.8 Å². The van der Waals surface area contributed by atoms with E-state index in [1.54, 1.807) is 7.11 Å². The molecule has 5 heteroatoms. The second kappa shape index (κ2) is 7.09. The molecular formula is C10H19NO3S. The molecule has 0 aromatic rings. The van der Waals surface area contributed by atoms with Crippen LogP contribution in [0.15, 0.2) is 0 Å². The van der Waals surface area contributed by atoms with Gasteiger partial charge in [0.25, 0.3) is 0 Å². The molecule has 0 spiro atoms. The molecule has 2 unspecified atom stereocenters. The van der Waals surface area contributed by atoms with Crippen LogP contribution in [0, 0.1) is 5.92 Å². The molecule has 0 saturated carbocycles. The van der Waals surface area contributed by atoms with Gasteiger partial charge in [0.05, 0.1) is 13.7 Å². The maximum atomic E-state index is 11.6. The molecular weight excluding hydrogens is 214 g/mol. The van der Waals surface area contributed by atoms with Crippen LogP contribution in [-0.4, -0.2) is 50.9 Å². The van der Waals surface area contributed by atoms with E-state index in [0.717, 1.165) is 17.9 Å². The summed E-state index contributed by atoms with van der Waals surface area (Å²) in [6.45, 7) is 1.31. The molecule has 1 rings (SSSR count). The molecule has 1 aliphatic heterocycles. The van der Waals surface area contributed by atoms with Crippen LogP contribution in [0.25, 0.3) is 0 Å². The van der Waals surface area contributed by atoms with Crippen molar-refractivity contribution in [3.63, 3.8) is 0 Å². The number of hydrogen-bond acceptors (Lipinski definition) is 5. The van der Waals surface area contributed by atoms with Gasteiger partial charge < -0.3 is 14.8 Å². The number of hydrogen-bond donors (Lipinski definition) is 1. The minimum absolute atomic E-state index is 0.154. The summed E-state index contributed by atoms with van der Waals surface area (Å²) >= 11 is 1.90. The Balaban J connectivity index is 2.40. The highest BCUT2D eigenvalue weighted by Gasteiger charge is 2.31. The lowest BCUT2D eigenvalue weighted by Gasteiger charge is -2.21. The quantitative estimate of drug-likeness (QED) is 0.535. The summed E-state index contributed by atoms with van der Waals surface area (Å²) in [5.74, 6) is 2.43. The van der Waals surface area contributed by atoms with Crippen LogP contribution in [0.3, 0.4) is 0 Å². The first kappa shape index (κ1) is 12.8. The Hall–Kier alpha value is -0.260. The van der Waals surface area contributed by atoms with Gasteiger partial charge in [0, 0.05) is 13.7 Å². The van der Waals surface area contributed by atoms with Crippen molar-refractivity contribution in [1.29, 1.82) is 0 Å². The molecule has 2 atom stereocenters. The lowest BCUT2D eigenvalue weighted by molar-refractivity contribution is -0.144. The van der Waals surface area contributed by atoms with Gasteiger partial charge in [-0.3, -0.25) is 4.79 Å². The van der Waals surface area contributed by atoms with Crippen LogP contribution in [0.5, 0.6) is 0 Å². The molecule has 1 heterocycles. The van der Waals surface area contributed by atoms with Gasteiger partial charge in [-0.15, -0.1) is 0 Å². The Morgan fingerprint density at radius 2 is 2.40 bits per heavy atom. The van der Waals surface area contributed by atoms with Crippen LogP contribution in [0.4, 0.5) is 0 Å². The van der Waals surface area contributed by atoms with Gasteiger partial charge in [0.15, 0.2) is 0 Å². The standard InChI is InChI=1S/C10H19NO3S/c1-13-5-4-11-9(10(12)14-2)8-3-6-15-7-8/h8-9,11H,3-7H2,1-2H3. The molecule has 1 fully saturated rings. The first-order valence-corrected chi connectivity index (χ1v) is 6.33. The van der Waals surface area contributed by atoms with Gasteiger partial charge in [0.1, 0.15) is 6.04 Å². The van der Waals surface area contributed by atoms with Crippen molar-refractivity contribution in [2.75, 3.05) is 38.9 Å². The maximum Gasteiger partial charge on any atom is 0.323 e. The second-order valence-electron chi connectivity index (χ2n) is 3.57. The molecule has 88 valence electrons. The molecule has 1 saturated heterocycles. The van der Waals surface area contributed by atoms with Crippen molar-refractivity contribution in [1.82, 2.24) is 5.32 Å². The summed E-state index contributed by atoms with van der Waals surface area (Å²) in [7, 11) is 3.09. The Bertz CT molecular complexity index is 195. The Morgan fingerprint density at radius 1 is 1.60 bits per heavy atom. The summed E-state index contributed by atoms with van der Waals surface area (Å²) in [6.07, 6.45) is 1.09. The lowest BCUT2D eigenvalue weighted by atomic mass is 9.99. The van der Waals surface area contributed by atoms with E-state index < -0.39 is 0 Å². The summed E-state index contributed by atoms with van der Waals surface area (Å²) in [5.41, 5.74) is 0. The van der Waals surface area contributed by atoms with E-state index in [1.165, 1.54) is 7.11 Å². The predicted molar refractivity (Wildman–Crippen MR) is 61.1 cm³/mol. The molecule has 1 N–H and O–H groups in total. The van der Waals surface area contributed by atoms with Crippen molar-refractivity contribution < 1.29 is 14.3 Å². The molecule has 4 nitrogen and oxygen atoms in total. The van der Waals surface area contributed by atoms with Crippen molar-refractivity contribution in [3.8, 4) is 0 Å². The van der Waals surface area contributed by atoms with E-state index in [4.69, 9.17) is 9.47 Å². The number of esters is 1. The molecule has 1 aliphatic rings. The minimum atomic E-state index is -0.167. The van der Waals surface area contributed by atoms with Crippen molar-refractivity contribution in [2.45, 2.75) is 12.5 Å². The topological polar surface area (TPSA) is 47.6 Å². The molecule has 0 amide bonds. The maximum absolute atomic E-state index is 11.6. The highest BCUT2D eigenvalue weighted by Crippen LogP contribution is 2.26.